The lowest BCUT2D eigenvalue weighted by Gasteiger charge is -2.28. The van der Waals surface area contributed by atoms with Crippen molar-refractivity contribution in [1.29, 1.82) is 0 Å². The van der Waals surface area contributed by atoms with Crippen LogP contribution in [-0.4, -0.2) is 50.4 Å². The molecule has 0 bridgehead atoms. The Kier molecular flexibility index (Phi) is 5.16. The van der Waals surface area contributed by atoms with E-state index in [-0.39, 0.29) is 29.4 Å². The summed E-state index contributed by atoms with van der Waals surface area (Å²) in [6, 6.07) is -0.177. The standard InChI is InChI=1S/C12H24N2O3S/c1-9(2)6-10(7-13)12(15)14(3)11-4-5-18(16,17)8-11/h9-11H,4-8,13H2,1-3H3. The van der Waals surface area contributed by atoms with E-state index in [0.717, 1.165) is 6.42 Å². The molecule has 1 rings (SSSR count). The minimum absolute atomic E-state index is 0.0201. The van der Waals surface area contributed by atoms with Crippen LogP contribution in [0.4, 0.5) is 0 Å². The van der Waals surface area contributed by atoms with Gasteiger partial charge in [0.2, 0.25) is 5.91 Å². The van der Waals surface area contributed by atoms with E-state index in [1.54, 1.807) is 11.9 Å². The number of sulfone groups is 1. The summed E-state index contributed by atoms with van der Waals surface area (Å²) < 4.78 is 22.8. The average Bonchev–Trinajstić information content (AvgIpc) is 2.64. The zero-order chi connectivity index (χ0) is 13.9. The van der Waals surface area contributed by atoms with E-state index in [2.05, 4.69) is 13.8 Å². The molecule has 1 fully saturated rings. The fraction of sp³-hybridized carbons (Fsp3) is 0.917. The van der Waals surface area contributed by atoms with Gasteiger partial charge in [-0.2, -0.15) is 0 Å². The number of nitrogens with two attached hydrogens (primary N) is 1. The number of nitrogens with zero attached hydrogens (tertiary/aromatic N) is 1. The Balaban J connectivity index is 2.65. The third kappa shape index (κ3) is 3.95. The number of carbonyl (C=O) groups excluding carboxylic acids is 1. The predicted molar refractivity (Wildman–Crippen MR) is 71.8 cm³/mol. The molecule has 1 saturated heterocycles. The first-order valence-corrected chi connectivity index (χ1v) is 8.26. The lowest BCUT2D eigenvalue weighted by atomic mass is 9.95. The summed E-state index contributed by atoms with van der Waals surface area (Å²) in [5.41, 5.74) is 5.65. The molecule has 5 nitrogen and oxygen atoms in total. The van der Waals surface area contributed by atoms with Gasteiger partial charge in [-0.05, 0) is 18.8 Å². The molecule has 2 unspecified atom stereocenters. The highest BCUT2D eigenvalue weighted by Gasteiger charge is 2.34. The van der Waals surface area contributed by atoms with Gasteiger partial charge in [0.15, 0.2) is 9.84 Å². The minimum Gasteiger partial charge on any atom is -0.341 e. The quantitative estimate of drug-likeness (QED) is 0.780. The molecule has 1 amide bonds. The van der Waals surface area contributed by atoms with Gasteiger partial charge in [0.05, 0.1) is 17.4 Å². The number of hydrogen-bond donors (Lipinski definition) is 1. The van der Waals surface area contributed by atoms with Gasteiger partial charge in [0.1, 0.15) is 0 Å². The van der Waals surface area contributed by atoms with E-state index < -0.39 is 9.84 Å². The fourth-order valence-corrected chi connectivity index (χ4v) is 4.19. The summed E-state index contributed by atoms with van der Waals surface area (Å²) in [7, 11) is -1.26. The van der Waals surface area contributed by atoms with Crippen molar-refractivity contribution >= 4 is 15.7 Å². The summed E-state index contributed by atoms with van der Waals surface area (Å²) in [5, 5.41) is 0. The Morgan fingerprint density at radius 2 is 2.06 bits per heavy atom. The van der Waals surface area contributed by atoms with E-state index >= 15 is 0 Å². The molecule has 0 radical (unpaired) electrons. The van der Waals surface area contributed by atoms with Crippen LogP contribution in [-0.2, 0) is 14.6 Å². The second-order valence-electron chi connectivity index (χ2n) is 5.57. The number of rotatable bonds is 5. The zero-order valence-corrected chi connectivity index (χ0v) is 12.2. The summed E-state index contributed by atoms with van der Waals surface area (Å²) in [5.74, 6) is 0.468. The molecule has 1 heterocycles. The first-order chi connectivity index (χ1) is 8.26. The maximum atomic E-state index is 12.3. The second-order valence-corrected chi connectivity index (χ2v) is 7.80. The highest BCUT2D eigenvalue weighted by molar-refractivity contribution is 7.91. The molecule has 6 heteroatoms. The maximum Gasteiger partial charge on any atom is 0.226 e. The smallest absolute Gasteiger partial charge is 0.226 e. The van der Waals surface area contributed by atoms with Crippen molar-refractivity contribution in [2.75, 3.05) is 25.1 Å². The van der Waals surface area contributed by atoms with Crippen molar-refractivity contribution < 1.29 is 13.2 Å². The third-order valence-corrected chi connectivity index (χ3v) is 5.24. The fourth-order valence-electron chi connectivity index (χ4n) is 2.42. The largest absolute Gasteiger partial charge is 0.341 e. The van der Waals surface area contributed by atoms with Gasteiger partial charge in [-0.15, -0.1) is 0 Å². The van der Waals surface area contributed by atoms with Gasteiger partial charge in [-0.1, -0.05) is 13.8 Å². The van der Waals surface area contributed by atoms with Crippen LogP contribution in [0, 0.1) is 11.8 Å². The van der Waals surface area contributed by atoms with Gasteiger partial charge in [0.25, 0.3) is 0 Å². The van der Waals surface area contributed by atoms with Crippen molar-refractivity contribution in [2.24, 2.45) is 17.6 Å². The first-order valence-electron chi connectivity index (χ1n) is 6.44. The van der Waals surface area contributed by atoms with Crippen molar-refractivity contribution in [3.63, 3.8) is 0 Å². The van der Waals surface area contributed by atoms with Crippen LogP contribution in [0.3, 0.4) is 0 Å². The topological polar surface area (TPSA) is 80.5 Å². The van der Waals surface area contributed by atoms with Crippen LogP contribution < -0.4 is 5.73 Å². The first kappa shape index (κ1) is 15.4. The third-order valence-electron chi connectivity index (χ3n) is 3.49. The molecule has 2 atom stereocenters. The van der Waals surface area contributed by atoms with Gasteiger partial charge in [0, 0.05) is 19.6 Å². The molecule has 0 aromatic rings. The van der Waals surface area contributed by atoms with Crippen LogP contribution in [0.5, 0.6) is 0 Å². The molecule has 1 aliphatic heterocycles. The Hall–Kier alpha value is -0.620. The Labute approximate surface area is 110 Å². The van der Waals surface area contributed by atoms with E-state index in [1.807, 2.05) is 0 Å². The monoisotopic (exact) mass is 276 g/mol. The van der Waals surface area contributed by atoms with Gasteiger partial charge in [-0.3, -0.25) is 4.79 Å². The lowest BCUT2D eigenvalue weighted by molar-refractivity contribution is -0.136. The van der Waals surface area contributed by atoms with Gasteiger partial charge < -0.3 is 10.6 Å². The summed E-state index contributed by atoms with van der Waals surface area (Å²) >= 11 is 0. The Morgan fingerprint density at radius 3 is 2.44 bits per heavy atom. The van der Waals surface area contributed by atoms with Gasteiger partial charge in [-0.25, -0.2) is 8.42 Å². The van der Waals surface area contributed by atoms with Gasteiger partial charge >= 0.3 is 0 Å². The summed E-state index contributed by atoms with van der Waals surface area (Å²) in [4.78, 5) is 13.8. The molecular formula is C12H24N2O3S. The number of amides is 1. The number of hydrogen-bond acceptors (Lipinski definition) is 4. The molecule has 18 heavy (non-hydrogen) atoms. The highest BCUT2D eigenvalue weighted by Crippen LogP contribution is 2.20. The van der Waals surface area contributed by atoms with Crippen molar-refractivity contribution in [2.45, 2.75) is 32.7 Å². The molecule has 0 aromatic heterocycles. The predicted octanol–water partition coefficient (Wildman–Crippen LogP) is 0.253. The summed E-state index contributed by atoms with van der Waals surface area (Å²) in [6.45, 7) is 4.42. The molecule has 106 valence electrons. The minimum atomic E-state index is -2.95. The molecule has 1 aliphatic rings. The molecule has 0 aromatic carbocycles. The van der Waals surface area contributed by atoms with E-state index in [9.17, 15) is 13.2 Å². The molecule has 0 saturated carbocycles. The van der Waals surface area contributed by atoms with Crippen LogP contribution >= 0.6 is 0 Å². The normalized spacial score (nSPS) is 24.2. The van der Waals surface area contributed by atoms with E-state index in [1.165, 1.54) is 0 Å². The molecule has 0 aliphatic carbocycles. The second kappa shape index (κ2) is 6.02. The van der Waals surface area contributed by atoms with Crippen molar-refractivity contribution in [3.8, 4) is 0 Å². The van der Waals surface area contributed by atoms with Crippen LogP contribution in [0.15, 0.2) is 0 Å². The summed E-state index contributed by atoms with van der Waals surface area (Å²) in [6.07, 6.45) is 1.29. The highest BCUT2D eigenvalue weighted by atomic mass is 32.2. The van der Waals surface area contributed by atoms with Crippen LogP contribution in [0.2, 0.25) is 0 Å². The molecule has 0 spiro atoms. The maximum absolute atomic E-state index is 12.3. The van der Waals surface area contributed by atoms with Crippen molar-refractivity contribution in [1.82, 2.24) is 4.90 Å². The Morgan fingerprint density at radius 1 is 1.44 bits per heavy atom. The van der Waals surface area contributed by atoms with Crippen molar-refractivity contribution in [3.05, 3.63) is 0 Å². The van der Waals surface area contributed by atoms with E-state index in [0.29, 0.717) is 18.9 Å². The Bertz CT molecular complexity index is 392. The van der Waals surface area contributed by atoms with E-state index in [4.69, 9.17) is 5.73 Å². The lowest BCUT2D eigenvalue weighted by Crippen LogP contribution is -2.43. The van der Waals surface area contributed by atoms with Crippen LogP contribution in [0.25, 0.3) is 0 Å². The zero-order valence-electron chi connectivity index (χ0n) is 11.4. The molecular weight excluding hydrogens is 252 g/mol. The SMILES string of the molecule is CC(C)CC(CN)C(=O)N(C)C1CCS(=O)(=O)C1. The number of carbonyl (C=O) groups is 1. The van der Waals surface area contributed by atoms with Crippen LogP contribution in [0.1, 0.15) is 26.7 Å². The molecule has 2 N–H and O–H groups in total. The average molecular weight is 276 g/mol.